The third-order valence-electron chi connectivity index (χ3n) is 4.30. The van der Waals surface area contributed by atoms with Crippen LogP contribution in [0.5, 0.6) is 0 Å². The van der Waals surface area contributed by atoms with E-state index >= 15 is 0 Å². The zero-order valence-electron chi connectivity index (χ0n) is 13.5. The van der Waals surface area contributed by atoms with Crippen molar-refractivity contribution in [2.24, 2.45) is 0 Å². The van der Waals surface area contributed by atoms with Gasteiger partial charge in [0.05, 0.1) is 28.6 Å². The topological polar surface area (TPSA) is 62.9 Å². The normalized spacial score (nSPS) is 16.8. The number of halogens is 2. The number of hydrogen-bond donors (Lipinski definition) is 1. The number of rotatable bonds is 3. The molecule has 4 nitrogen and oxygen atoms in total. The standard InChI is InChI=1S/C19H16F2N4/c20-15-4-5-18(14(9-15)11-23)24-16-2-1-7-25(12-16)19-6-3-13(10-22)8-17(19)21/h3-6,8-9,16,24H,1-2,7,12H2. The zero-order chi connectivity index (χ0) is 17.8. The molecule has 0 radical (unpaired) electrons. The van der Waals surface area contributed by atoms with E-state index in [-0.39, 0.29) is 17.2 Å². The van der Waals surface area contributed by atoms with Gasteiger partial charge in [0.1, 0.15) is 17.7 Å². The van der Waals surface area contributed by atoms with Crippen LogP contribution in [0.2, 0.25) is 0 Å². The summed E-state index contributed by atoms with van der Waals surface area (Å²) in [6.07, 6.45) is 1.73. The minimum atomic E-state index is -0.452. The van der Waals surface area contributed by atoms with E-state index in [9.17, 15) is 8.78 Å². The molecule has 0 aliphatic carbocycles. The molecular weight excluding hydrogens is 322 g/mol. The number of benzene rings is 2. The molecule has 1 aliphatic rings. The SMILES string of the molecule is N#Cc1ccc(N2CCCC(Nc3ccc(F)cc3C#N)C2)c(F)c1. The average Bonchev–Trinajstić information content (AvgIpc) is 2.63. The Morgan fingerprint density at radius 1 is 1.08 bits per heavy atom. The number of anilines is 2. The molecule has 0 saturated carbocycles. The molecule has 0 bridgehead atoms. The summed E-state index contributed by atoms with van der Waals surface area (Å²) in [6, 6.07) is 12.4. The summed E-state index contributed by atoms with van der Waals surface area (Å²) >= 11 is 0. The van der Waals surface area contributed by atoms with Crippen LogP contribution in [-0.4, -0.2) is 19.1 Å². The van der Waals surface area contributed by atoms with Gasteiger partial charge < -0.3 is 10.2 Å². The molecule has 2 aromatic rings. The number of nitrogens with one attached hydrogen (secondary N) is 1. The Morgan fingerprint density at radius 2 is 1.92 bits per heavy atom. The molecule has 1 heterocycles. The molecule has 0 amide bonds. The van der Waals surface area contributed by atoms with Crippen LogP contribution in [0.15, 0.2) is 36.4 Å². The van der Waals surface area contributed by atoms with Gasteiger partial charge in [-0.2, -0.15) is 10.5 Å². The zero-order valence-corrected chi connectivity index (χ0v) is 13.5. The van der Waals surface area contributed by atoms with Gasteiger partial charge in [0, 0.05) is 19.1 Å². The summed E-state index contributed by atoms with van der Waals surface area (Å²) in [5, 5.41) is 21.3. The molecule has 3 rings (SSSR count). The van der Waals surface area contributed by atoms with E-state index in [2.05, 4.69) is 5.32 Å². The first kappa shape index (κ1) is 16.7. The van der Waals surface area contributed by atoms with Crippen LogP contribution < -0.4 is 10.2 Å². The second-order valence-corrected chi connectivity index (χ2v) is 6.01. The maximum atomic E-state index is 14.2. The highest BCUT2D eigenvalue weighted by Gasteiger charge is 2.23. The number of hydrogen-bond acceptors (Lipinski definition) is 4. The second kappa shape index (κ2) is 7.19. The molecule has 1 saturated heterocycles. The Labute approximate surface area is 144 Å². The molecule has 1 atom stereocenters. The van der Waals surface area contributed by atoms with E-state index in [1.807, 2.05) is 17.0 Å². The van der Waals surface area contributed by atoms with E-state index in [0.29, 0.717) is 17.9 Å². The lowest BCUT2D eigenvalue weighted by Crippen LogP contribution is -2.42. The molecule has 1 fully saturated rings. The number of piperidine rings is 1. The smallest absolute Gasteiger partial charge is 0.147 e. The van der Waals surface area contributed by atoms with Crippen LogP contribution in [0.1, 0.15) is 24.0 Å². The lowest BCUT2D eigenvalue weighted by molar-refractivity contribution is 0.519. The van der Waals surface area contributed by atoms with Gasteiger partial charge in [-0.3, -0.25) is 0 Å². The molecule has 126 valence electrons. The third kappa shape index (κ3) is 3.70. The molecular formula is C19H16F2N4. The van der Waals surface area contributed by atoms with E-state index in [1.165, 1.54) is 18.2 Å². The molecule has 1 N–H and O–H groups in total. The molecule has 1 unspecified atom stereocenters. The molecule has 25 heavy (non-hydrogen) atoms. The summed E-state index contributed by atoms with van der Waals surface area (Å²) in [7, 11) is 0. The van der Waals surface area contributed by atoms with Crippen LogP contribution in [0.4, 0.5) is 20.2 Å². The molecule has 6 heteroatoms. The van der Waals surface area contributed by atoms with Crippen molar-refractivity contribution >= 4 is 11.4 Å². The highest BCUT2D eigenvalue weighted by atomic mass is 19.1. The molecule has 0 spiro atoms. The minimum absolute atomic E-state index is 0.0151. The fourth-order valence-corrected chi connectivity index (χ4v) is 3.10. The molecule has 2 aromatic carbocycles. The Hall–Kier alpha value is -3.12. The Morgan fingerprint density at radius 3 is 2.64 bits per heavy atom. The van der Waals surface area contributed by atoms with E-state index in [0.717, 1.165) is 19.4 Å². The Bertz CT molecular complexity index is 867. The largest absolute Gasteiger partial charge is 0.379 e. The molecule has 0 aromatic heterocycles. The van der Waals surface area contributed by atoms with Crippen molar-refractivity contribution in [3.8, 4) is 12.1 Å². The summed E-state index contributed by atoms with van der Waals surface area (Å²) < 4.78 is 27.5. The predicted molar refractivity (Wildman–Crippen MR) is 91.1 cm³/mol. The highest BCUT2D eigenvalue weighted by molar-refractivity contribution is 5.59. The van der Waals surface area contributed by atoms with Crippen LogP contribution in [-0.2, 0) is 0 Å². The Kier molecular flexibility index (Phi) is 4.81. The summed E-state index contributed by atoms with van der Waals surface area (Å²) in [5.74, 6) is -0.869. The van der Waals surface area contributed by atoms with Gasteiger partial charge in [-0.05, 0) is 49.2 Å². The predicted octanol–water partition coefficient (Wildman–Crippen LogP) is 3.79. The van der Waals surface area contributed by atoms with Crippen molar-refractivity contribution in [2.75, 3.05) is 23.3 Å². The third-order valence-corrected chi connectivity index (χ3v) is 4.30. The lowest BCUT2D eigenvalue weighted by Gasteiger charge is -2.35. The lowest BCUT2D eigenvalue weighted by atomic mass is 10.0. The maximum absolute atomic E-state index is 14.2. The van der Waals surface area contributed by atoms with Gasteiger partial charge in [-0.25, -0.2) is 8.78 Å². The fraction of sp³-hybridized carbons (Fsp3) is 0.263. The van der Waals surface area contributed by atoms with Crippen LogP contribution in [0.3, 0.4) is 0 Å². The first-order valence-corrected chi connectivity index (χ1v) is 8.01. The van der Waals surface area contributed by atoms with Gasteiger partial charge in [-0.15, -0.1) is 0 Å². The Balaban J connectivity index is 1.76. The summed E-state index contributed by atoms with van der Waals surface area (Å²) in [6.45, 7) is 1.28. The van der Waals surface area contributed by atoms with Crippen molar-refractivity contribution in [2.45, 2.75) is 18.9 Å². The van der Waals surface area contributed by atoms with Crippen molar-refractivity contribution in [3.63, 3.8) is 0 Å². The second-order valence-electron chi connectivity index (χ2n) is 6.01. The summed E-state index contributed by atoms with van der Waals surface area (Å²) in [4.78, 5) is 1.92. The van der Waals surface area contributed by atoms with Crippen molar-refractivity contribution in [3.05, 3.63) is 59.2 Å². The first-order valence-electron chi connectivity index (χ1n) is 8.01. The van der Waals surface area contributed by atoms with Crippen molar-refractivity contribution in [1.29, 1.82) is 10.5 Å². The number of nitrogens with zero attached hydrogens (tertiary/aromatic N) is 3. The highest BCUT2D eigenvalue weighted by Crippen LogP contribution is 2.26. The van der Waals surface area contributed by atoms with Gasteiger partial charge >= 0.3 is 0 Å². The maximum Gasteiger partial charge on any atom is 0.147 e. The van der Waals surface area contributed by atoms with Crippen molar-refractivity contribution < 1.29 is 8.78 Å². The van der Waals surface area contributed by atoms with Crippen LogP contribution in [0.25, 0.3) is 0 Å². The molecule has 1 aliphatic heterocycles. The van der Waals surface area contributed by atoms with E-state index in [4.69, 9.17) is 10.5 Å². The monoisotopic (exact) mass is 338 g/mol. The van der Waals surface area contributed by atoms with Gasteiger partial charge in [0.25, 0.3) is 0 Å². The average molecular weight is 338 g/mol. The van der Waals surface area contributed by atoms with Crippen molar-refractivity contribution in [1.82, 2.24) is 0 Å². The minimum Gasteiger partial charge on any atom is -0.379 e. The summed E-state index contributed by atoms with van der Waals surface area (Å²) in [5.41, 5.74) is 1.58. The quantitative estimate of drug-likeness (QED) is 0.925. The fourth-order valence-electron chi connectivity index (χ4n) is 3.10. The first-order chi connectivity index (χ1) is 12.1. The van der Waals surface area contributed by atoms with E-state index < -0.39 is 11.6 Å². The van der Waals surface area contributed by atoms with Crippen LogP contribution >= 0.6 is 0 Å². The number of nitriles is 2. The van der Waals surface area contributed by atoms with Gasteiger partial charge in [0.15, 0.2) is 0 Å². The van der Waals surface area contributed by atoms with Crippen LogP contribution in [0, 0.1) is 34.3 Å². The van der Waals surface area contributed by atoms with Gasteiger partial charge in [0.2, 0.25) is 0 Å². The van der Waals surface area contributed by atoms with E-state index in [1.54, 1.807) is 18.2 Å². The van der Waals surface area contributed by atoms with Gasteiger partial charge in [-0.1, -0.05) is 0 Å².